The van der Waals surface area contributed by atoms with E-state index >= 15 is 0 Å². The maximum atomic E-state index is 12.8. The van der Waals surface area contributed by atoms with Crippen LogP contribution >= 0.6 is 11.3 Å². The molecule has 3 aromatic heterocycles. The number of thiophene rings is 1. The zero-order chi connectivity index (χ0) is 19.5. The summed E-state index contributed by atoms with van der Waals surface area (Å²) in [6.45, 7) is 4.05. The van der Waals surface area contributed by atoms with E-state index in [9.17, 15) is 9.59 Å². The Hall–Kier alpha value is -2.26. The number of aryl methyl sites for hydroxylation is 2. The molecule has 1 amide bonds. The molecule has 0 radical (unpaired) electrons. The first-order valence-corrected chi connectivity index (χ1v) is 10.8. The van der Waals surface area contributed by atoms with E-state index in [1.54, 1.807) is 4.57 Å². The van der Waals surface area contributed by atoms with Gasteiger partial charge in [-0.25, -0.2) is 0 Å². The molecular weight excluding hydrogens is 378 g/mol. The van der Waals surface area contributed by atoms with Crippen molar-refractivity contribution in [3.8, 4) is 0 Å². The van der Waals surface area contributed by atoms with Gasteiger partial charge < -0.3 is 10.1 Å². The molecule has 1 fully saturated rings. The molecule has 4 rings (SSSR count). The lowest BCUT2D eigenvalue weighted by molar-refractivity contribution is -0.121. The Bertz CT molecular complexity index is 1030. The van der Waals surface area contributed by atoms with Crippen LogP contribution in [0.3, 0.4) is 0 Å². The second-order valence-electron chi connectivity index (χ2n) is 7.14. The molecule has 9 heteroatoms. The molecule has 1 aliphatic rings. The van der Waals surface area contributed by atoms with Crippen molar-refractivity contribution in [2.24, 2.45) is 0 Å². The Morgan fingerprint density at radius 2 is 2.32 bits per heavy atom. The van der Waals surface area contributed by atoms with Crippen molar-refractivity contribution in [1.29, 1.82) is 0 Å². The van der Waals surface area contributed by atoms with E-state index in [4.69, 9.17) is 4.74 Å². The second-order valence-corrected chi connectivity index (χ2v) is 8.05. The van der Waals surface area contributed by atoms with Gasteiger partial charge in [0.05, 0.1) is 11.6 Å². The predicted octanol–water partition coefficient (Wildman–Crippen LogP) is 2.13. The largest absolute Gasteiger partial charge is 0.376 e. The molecule has 0 aromatic carbocycles. The average molecular weight is 404 g/mol. The minimum absolute atomic E-state index is 0.0146. The van der Waals surface area contributed by atoms with E-state index in [-0.39, 0.29) is 17.6 Å². The summed E-state index contributed by atoms with van der Waals surface area (Å²) in [5, 5.41) is 13.4. The number of nitrogens with one attached hydrogen (secondary N) is 1. The summed E-state index contributed by atoms with van der Waals surface area (Å²) < 4.78 is 9.87. The smallest absolute Gasteiger partial charge is 0.272 e. The third-order valence-corrected chi connectivity index (χ3v) is 6.03. The van der Waals surface area contributed by atoms with Crippen LogP contribution in [0.5, 0.6) is 0 Å². The molecular formula is C19H25N5O3S. The molecule has 0 saturated carbocycles. The first kappa shape index (κ1) is 19.1. The molecule has 1 atom stereocenters. The topological polar surface area (TPSA) is 90.5 Å². The monoisotopic (exact) mass is 403 g/mol. The van der Waals surface area contributed by atoms with E-state index in [0.717, 1.165) is 37.8 Å². The van der Waals surface area contributed by atoms with Crippen molar-refractivity contribution < 1.29 is 9.53 Å². The molecule has 0 bridgehead atoms. The number of carbonyl (C=O) groups excluding carboxylic acids is 1. The zero-order valence-corrected chi connectivity index (χ0v) is 16.8. The van der Waals surface area contributed by atoms with Gasteiger partial charge in [0.2, 0.25) is 11.7 Å². The van der Waals surface area contributed by atoms with Crippen LogP contribution in [0.15, 0.2) is 16.2 Å². The van der Waals surface area contributed by atoms with Crippen LogP contribution in [0.1, 0.15) is 44.9 Å². The van der Waals surface area contributed by atoms with Crippen molar-refractivity contribution in [3.05, 3.63) is 27.6 Å². The van der Waals surface area contributed by atoms with Crippen LogP contribution < -0.4 is 10.9 Å². The Balaban J connectivity index is 1.55. The molecule has 0 spiro atoms. The number of rotatable bonds is 8. The fraction of sp³-hybridized carbons (Fsp3) is 0.579. The van der Waals surface area contributed by atoms with Crippen LogP contribution in [0.25, 0.3) is 16.0 Å². The lowest BCUT2D eigenvalue weighted by atomic mass is 10.2. The van der Waals surface area contributed by atoms with E-state index in [0.29, 0.717) is 42.2 Å². The highest BCUT2D eigenvalue weighted by molar-refractivity contribution is 7.17. The predicted molar refractivity (Wildman–Crippen MR) is 108 cm³/mol. The van der Waals surface area contributed by atoms with Crippen molar-refractivity contribution in [3.63, 3.8) is 0 Å². The molecule has 8 nitrogen and oxygen atoms in total. The van der Waals surface area contributed by atoms with Crippen molar-refractivity contribution in [1.82, 2.24) is 24.5 Å². The summed E-state index contributed by atoms with van der Waals surface area (Å²) in [5.74, 6) is 1.24. The molecule has 4 heterocycles. The summed E-state index contributed by atoms with van der Waals surface area (Å²) in [7, 11) is 0. The number of nitrogens with zero attached hydrogens (tertiary/aromatic N) is 4. The minimum Gasteiger partial charge on any atom is -0.376 e. The van der Waals surface area contributed by atoms with E-state index < -0.39 is 0 Å². The maximum absolute atomic E-state index is 12.8. The van der Waals surface area contributed by atoms with Crippen LogP contribution in [0.2, 0.25) is 0 Å². The third kappa shape index (κ3) is 3.68. The highest BCUT2D eigenvalue weighted by Crippen LogP contribution is 2.20. The van der Waals surface area contributed by atoms with Gasteiger partial charge in [-0.2, -0.15) is 0 Å². The standard InChI is InChI=1S/C19H25N5O3S/c1-2-3-9-23-18(26)17-14(8-11-28-17)24-15(21-22-19(23)24)6-7-16(25)20-12-13-5-4-10-27-13/h8,11,13H,2-7,9-10,12H2,1H3,(H,20,25). The average Bonchev–Trinajstić information content (AvgIpc) is 3.44. The van der Waals surface area contributed by atoms with Gasteiger partial charge in [0, 0.05) is 32.5 Å². The van der Waals surface area contributed by atoms with E-state index in [2.05, 4.69) is 22.4 Å². The Kier molecular flexibility index (Phi) is 5.72. The molecule has 1 unspecified atom stereocenters. The number of aromatic nitrogens is 4. The molecule has 1 N–H and O–H groups in total. The number of amides is 1. The Morgan fingerprint density at radius 3 is 3.11 bits per heavy atom. The first-order valence-electron chi connectivity index (χ1n) is 9.91. The number of hydrogen-bond acceptors (Lipinski definition) is 6. The number of fused-ring (bicyclic) bond motifs is 3. The van der Waals surface area contributed by atoms with Gasteiger partial charge in [-0.1, -0.05) is 13.3 Å². The van der Waals surface area contributed by atoms with Gasteiger partial charge in [0.25, 0.3) is 5.56 Å². The number of hydrogen-bond donors (Lipinski definition) is 1. The third-order valence-electron chi connectivity index (χ3n) is 5.14. The second kappa shape index (κ2) is 8.40. The van der Waals surface area contributed by atoms with Crippen molar-refractivity contribution >= 4 is 33.2 Å². The summed E-state index contributed by atoms with van der Waals surface area (Å²) in [6.07, 6.45) is 4.88. The molecule has 28 heavy (non-hydrogen) atoms. The normalized spacial score (nSPS) is 17.0. The van der Waals surface area contributed by atoms with Gasteiger partial charge in [0.1, 0.15) is 10.5 Å². The van der Waals surface area contributed by atoms with Crippen LogP contribution in [0, 0.1) is 0 Å². The van der Waals surface area contributed by atoms with Crippen LogP contribution in [-0.2, 0) is 22.5 Å². The fourth-order valence-corrected chi connectivity index (χ4v) is 4.43. The van der Waals surface area contributed by atoms with E-state index in [1.807, 2.05) is 15.8 Å². The van der Waals surface area contributed by atoms with Gasteiger partial charge >= 0.3 is 0 Å². The highest BCUT2D eigenvalue weighted by atomic mass is 32.1. The zero-order valence-electron chi connectivity index (χ0n) is 16.0. The number of carbonyl (C=O) groups is 1. The van der Waals surface area contributed by atoms with E-state index in [1.165, 1.54) is 11.3 Å². The number of unbranched alkanes of at least 4 members (excludes halogenated alkanes) is 1. The lowest BCUT2D eigenvalue weighted by Crippen LogP contribution is -2.32. The number of ether oxygens (including phenoxy) is 1. The lowest BCUT2D eigenvalue weighted by Gasteiger charge is -2.11. The highest BCUT2D eigenvalue weighted by Gasteiger charge is 2.19. The van der Waals surface area contributed by atoms with Crippen molar-refractivity contribution in [2.75, 3.05) is 13.2 Å². The van der Waals surface area contributed by atoms with Gasteiger partial charge in [0.15, 0.2) is 0 Å². The maximum Gasteiger partial charge on any atom is 0.272 e. The van der Waals surface area contributed by atoms with Crippen LogP contribution in [0.4, 0.5) is 0 Å². The van der Waals surface area contributed by atoms with Gasteiger partial charge in [-0.3, -0.25) is 18.6 Å². The van der Waals surface area contributed by atoms with Crippen LogP contribution in [-0.4, -0.2) is 44.3 Å². The molecule has 150 valence electrons. The summed E-state index contributed by atoms with van der Waals surface area (Å²) in [4.78, 5) is 25.0. The van der Waals surface area contributed by atoms with Gasteiger partial charge in [-0.05, 0) is 30.7 Å². The van der Waals surface area contributed by atoms with Gasteiger partial charge in [-0.15, -0.1) is 21.5 Å². The quantitative estimate of drug-likeness (QED) is 0.622. The fourth-order valence-electron chi connectivity index (χ4n) is 3.61. The summed E-state index contributed by atoms with van der Waals surface area (Å²) in [6, 6.07) is 1.92. The molecule has 1 aliphatic heterocycles. The first-order chi connectivity index (χ1) is 13.7. The Morgan fingerprint density at radius 1 is 1.43 bits per heavy atom. The molecule has 1 saturated heterocycles. The summed E-state index contributed by atoms with van der Waals surface area (Å²) in [5.41, 5.74) is 0.803. The SMILES string of the molecule is CCCCn1c(=O)c2sccc2n2c(CCC(=O)NCC3CCCO3)nnc12. The Labute approximate surface area is 166 Å². The minimum atomic E-state index is -0.0203. The van der Waals surface area contributed by atoms with Crippen molar-refractivity contribution in [2.45, 2.75) is 58.1 Å². The summed E-state index contributed by atoms with van der Waals surface area (Å²) >= 11 is 1.43. The molecule has 0 aliphatic carbocycles. The molecule has 3 aromatic rings.